The summed E-state index contributed by atoms with van der Waals surface area (Å²) in [7, 11) is 2.14. The summed E-state index contributed by atoms with van der Waals surface area (Å²) in [6.07, 6.45) is 0.349. The van der Waals surface area contributed by atoms with Crippen molar-refractivity contribution in [3.05, 3.63) is 30.3 Å². The highest BCUT2D eigenvalue weighted by Gasteiger charge is 2.28. The van der Waals surface area contributed by atoms with E-state index in [0.29, 0.717) is 12.0 Å². The van der Waals surface area contributed by atoms with Crippen LogP contribution >= 0.6 is 0 Å². The Labute approximate surface area is 85.5 Å². The van der Waals surface area contributed by atoms with E-state index in [1.165, 1.54) is 0 Å². The number of hydrogen-bond acceptors (Lipinski definition) is 2. The Kier molecular flexibility index (Phi) is 2.73. The molecule has 0 N–H and O–H groups in total. The Morgan fingerprint density at radius 2 is 1.93 bits per heavy atom. The lowest BCUT2D eigenvalue weighted by Crippen LogP contribution is -2.24. The Hall–Kier alpha value is -1.02. The third-order valence-corrected chi connectivity index (χ3v) is 2.76. The first-order valence-corrected chi connectivity index (χ1v) is 5.16. The summed E-state index contributed by atoms with van der Waals surface area (Å²) in [4.78, 5) is 2.32. The molecule has 1 aromatic carbocycles. The minimum absolute atomic E-state index is 0.349. The average molecular weight is 191 g/mol. The highest BCUT2D eigenvalue weighted by atomic mass is 16.5. The summed E-state index contributed by atoms with van der Waals surface area (Å²) in [6, 6.07) is 10.1. The van der Waals surface area contributed by atoms with E-state index in [0.717, 1.165) is 18.8 Å². The number of likely N-dealkylation sites (N-methyl/N-ethyl adjacent to an activating group) is 1. The zero-order valence-electron chi connectivity index (χ0n) is 8.81. The van der Waals surface area contributed by atoms with Gasteiger partial charge in [0.25, 0.3) is 0 Å². The number of likely N-dealkylation sites (tertiary alicyclic amines) is 1. The van der Waals surface area contributed by atoms with Gasteiger partial charge >= 0.3 is 0 Å². The van der Waals surface area contributed by atoms with Crippen molar-refractivity contribution in [2.45, 2.75) is 13.0 Å². The van der Waals surface area contributed by atoms with Crippen LogP contribution in [0.25, 0.3) is 0 Å². The fraction of sp³-hybridized carbons (Fsp3) is 0.500. The van der Waals surface area contributed by atoms with Gasteiger partial charge in [-0.15, -0.1) is 0 Å². The summed E-state index contributed by atoms with van der Waals surface area (Å²) in [5, 5.41) is 0. The predicted octanol–water partition coefficient (Wildman–Crippen LogP) is 2.02. The molecule has 2 heteroatoms. The van der Waals surface area contributed by atoms with Crippen molar-refractivity contribution in [3.8, 4) is 5.75 Å². The maximum Gasteiger partial charge on any atom is 0.119 e. The molecular weight excluding hydrogens is 174 g/mol. The summed E-state index contributed by atoms with van der Waals surface area (Å²) in [5.74, 6) is 1.61. The van der Waals surface area contributed by atoms with Gasteiger partial charge in [-0.2, -0.15) is 0 Å². The molecule has 1 aromatic rings. The second kappa shape index (κ2) is 4.01. The molecule has 0 aromatic heterocycles. The third kappa shape index (κ3) is 2.07. The first-order chi connectivity index (χ1) is 6.75. The molecule has 2 rings (SSSR count). The third-order valence-electron chi connectivity index (χ3n) is 2.76. The standard InChI is InChI=1S/C12H17NO/c1-10-8-13(2)9-12(10)14-11-6-4-3-5-7-11/h3-7,10,12H,8-9H2,1-2H3. The van der Waals surface area contributed by atoms with E-state index in [2.05, 4.69) is 18.9 Å². The monoisotopic (exact) mass is 191 g/mol. The van der Waals surface area contributed by atoms with Gasteiger partial charge in [-0.1, -0.05) is 25.1 Å². The smallest absolute Gasteiger partial charge is 0.119 e. The van der Waals surface area contributed by atoms with Crippen LogP contribution in [0.2, 0.25) is 0 Å². The molecule has 1 heterocycles. The lowest BCUT2D eigenvalue weighted by atomic mass is 10.1. The van der Waals surface area contributed by atoms with Crippen LogP contribution in [-0.2, 0) is 0 Å². The topological polar surface area (TPSA) is 12.5 Å². The molecule has 14 heavy (non-hydrogen) atoms. The highest BCUT2D eigenvalue weighted by molar-refractivity contribution is 5.21. The highest BCUT2D eigenvalue weighted by Crippen LogP contribution is 2.21. The molecule has 76 valence electrons. The molecule has 0 bridgehead atoms. The first-order valence-electron chi connectivity index (χ1n) is 5.16. The number of para-hydroxylation sites is 1. The molecular formula is C12H17NO. The van der Waals surface area contributed by atoms with Crippen LogP contribution in [0.15, 0.2) is 30.3 Å². The number of hydrogen-bond donors (Lipinski definition) is 0. The zero-order valence-corrected chi connectivity index (χ0v) is 8.81. The van der Waals surface area contributed by atoms with Crippen molar-refractivity contribution >= 4 is 0 Å². The molecule has 2 unspecified atom stereocenters. The van der Waals surface area contributed by atoms with E-state index >= 15 is 0 Å². The van der Waals surface area contributed by atoms with Crippen LogP contribution < -0.4 is 4.74 Å². The Morgan fingerprint density at radius 3 is 2.50 bits per heavy atom. The fourth-order valence-corrected chi connectivity index (χ4v) is 2.00. The van der Waals surface area contributed by atoms with Gasteiger partial charge in [0.05, 0.1) is 0 Å². The van der Waals surface area contributed by atoms with E-state index < -0.39 is 0 Å². The number of benzene rings is 1. The lowest BCUT2D eigenvalue weighted by molar-refractivity contribution is 0.177. The molecule has 1 fully saturated rings. The van der Waals surface area contributed by atoms with Gasteiger partial charge in [-0.05, 0) is 19.2 Å². The van der Waals surface area contributed by atoms with Crippen LogP contribution in [0.4, 0.5) is 0 Å². The van der Waals surface area contributed by atoms with Gasteiger partial charge in [0, 0.05) is 19.0 Å². The Bertz CT molecular complexity index is 286. The largest absolute Gasteiger partial charge is 0.489 e. The number of ether oxygens (including phenoxy) is 1. The van der Waals surface area contributed by atoms with Crippen molar-refractivity contribution in [3.63, 3.8) is 0 Å². The fourth-order valence-electron chi connectivity index (χ4n) is 2.00. The van der Waals surface area contributed by atoms with Gasteiger partial charge < -0.3 is 9.64 Å². The normalized spacial score (nSPS) is 27.9. The minimum Gasteiger partial charge on any atom is -0.489 e. The molecule has 2 nitrogen and oxygen atoms in total. The quantitative estimate of drug-likeness (QED) is 0.709. The molecule has 0 spiro atoms. The number of nitrogens with zero attached hydrogens (tertiary/aromatic N) is 1. The molecule has 1 aliphatic heterocycles. The van der Waals surface area contributed by atoms with Crippen LogP contribution in [0.1, 0.15) is 6.92 Å². The summed E-state index contributed by atoms with van der Waals surface area (Å²) >= 11 is 0. The molecule has 1 aliphatic rings. The van der Waals surface area contributed by atoms with E-state index in [1.807, 2.05) is 30.3 Å². The summed E-state index contributed by atoms with van der Waals surface area (Å²) in [5.41, 5.74) is 0. The van der Waals surface area contributed by atoms with Crippen LogP contribution in [0.5, 0.6) is 5.75 Å². The zero-order chi connectivity index (χ0) is 9.97. The molecule has 2 atom stereocenters. The van der Waals surface area contributed by atoms with Crippen LogP contribution in [0, 0.1) is 5.92 Å². The lowest BCUT2D eigenvalue weighted by Gasteiger charge is -2.16. The Morgan fingerprint density at radius 1 is 1.21 bits per heavy atom. The van der Waals surface area contributed by atoms with Crippen LogP contribution in [0.3, 0.4) is 0 Å². The average Bonchev–Trinajstić information content (AvgIpc) is 2.47. The van der Waals surface area contributed by atoms with E-state index in [-0.39, 0.29) is 0 Å². The Balaban J connectivity index is 1.98. The maximum atomic E-state index is 5.92. The second-order valence-corrected chi connectivity index (χ2v) is 4.17. The van der Waals surface area contributed by atoms with Crippen molar-refractivity contribution < 1.29 is 4.74 Å². The van der Waals surface area contributed by atoms with Crippen LogP contribution in [-0.4, -0.2) is 31.1 Å². The van der Waals surface area contributed by atoms with Gasteiger partial charge in [0.15, 0.2) is 0 Å². The molecule has 0 saturated carbocycles. The molecule has 0 amide bonds. The number of rotatable bonds is 2. The maximum absolute atomic E-state index is 5.92. The van der Waals surface area contributed by atoms with Crippen molar-refractivity contribution in [1.29, 1.82) is 0 Å². The van der Waals surface area contributed by atoms with Gasteiger partial charge in [-0.3, -0.25) is 0 Å². The van der Waals surface area contributed by atoms with E-state index in [4.69, 9.17) is 4.74 Å². The predicted molar refractivity (Wildman–Crippen MR) is 57.5 cm³/mol. The summed E-state index contributed by atoms with van der Waals surface area (Å²) < 4.78 is 5.92. The van der Waals surface area contributed by atoms with Crippen molar-refractivity contribution in [2.24, 2.45) is 5.92 Å². The molecule has 0 radical (unpaired) electrons. The molecule has 1 saturated heterocycles. The minimum atomic E-state index is 0.349. The van der Waals surface area contributed by atoms with E-state index in [9.17, 15) is 0 Å². The molecule has 0 aliphatic carbocycles. The first kappa shape index (κ1) is 9.53. The van der Waals surface area contributed by atoms with Gasteiger partial charge in [0.1, 0.15) is 11.9 Å². The summed E-state index contributed by atoms with van der Waals surface area (Å²) in [6.45, 7) is 4.42. The van der Waals surface area contributed by atoms with Crippen molar-refractivity contribution in [2.75, 3.05) is 20.1 Å². The van der Waals surface area contributed by atoms with Gasteiger partial charge in [-0.25, -0.2) is 0 Å². The van der Waals surface area contributed by atoms with Gasteiger partial charge in [0.2, 0.25) is 0 Å². The van der Waals surface area contributed by atoms with E-state index in [1.54, 1.807) is 0 Å². The SMILES string of the molecule is CC1CN(C)CC1Oc1ccccc1. The second-order valence-electron chi connectivity index (χ2n) is 4.17. The van der Waals surface area contributed by atoms with Crippen molar-refractivity contribution in [1.82, 2.24) is 4.90 Å².